The summed E-state index contributed by atoms with van der Waals surface area (Å²) in [6.45, 7) is 0. The minimum atomic E-state index is 0.555. The summed E-state index contributed by atoms with van der Waals surface area (Å²) in [5.41, 5.74) is 25.3. The molecule has 0 saturated heterocycles. The van der Waals surface area contributed by atoms with Gasteiger partial charge in [0.2, 0.25) is 0 Å². The van der Waals surface area contributed by atoms with Gasteiger partial charge in [-0.25, -0.2) is 49.8 Å². The summed E-state index contributed by atoms with van der Waals surface area (Å²) in [5, 5.41) is 4.45. The smallest absolute Gasteiger partial charge is 0.164 e. The zero-order valence-corrected chi connectivity index (χ0v) is 62.7. The van der Waals surface area contributed by atoms with Gasteiger partial charge in [-0.05, 0) is 95.4 Å². The molecule has 116 heavy (non-hydrogen) atoms. The van der Waals surface area contributed by atoms with Crippen molar-refractivity contribution in [2.24, 2.45) is 0 Å². The monoisotopic (exact) mass is 1480 g/mol. The Hall–Kier alpha value is -15.8. The van der Waals surface area contributed by atoms with Crippen LogP contribution in [-0.2, 0) is 0 Å². The van der Waals surface area contributed by atoms with Crippen LogP contribution in [0, 0.1) is 0 Å². The Labute approximate surface area is 671 Å². The molecule has 0 unspecified atom stereocenters. The van der Waals surface area contributed by atoms with E-state index in [4.69, 9.17) is 49.8 Å². The van der Waals surface area contributed by atoms with Crippen LogP contribution in [0.3, 0.4) is 0 Å². The zero-order valence-electron chi connectivity index (χ0n) is 62.7. The number of fused-ring (bicyclic) bond motifs is 2. The third-order valence-corrected chi connectivity index (χ3v) is 21.3. The van der Waals surface area contributed by atoms with Crippen LogP contribution in [0.5, 0.6) is 0 Å². The molecule has 0 spiro atoms. The first-order valence-corrected chi connectivity index (χ1v) is 38.8. The minimum Gasteiger partial charge on any atom is -0.228 e. The third kappa shape index (κ3) is 14.0. The normalized spacial score (nSPS) is 11.3. The van der Waals surface area contributed by atoms with Crippen LogP contribution >= 0.6 is 0 Å². The molecule has 20 aromatic rings. The fourth-order valence-corrected chi connectivity index (χ4v) is 15.4. The molecule has 0 aliphatic heterocycles. The van der Waals surface area contributed by atoms with E-state index in [1.807, 2.05) is 152 Å². The molecule has 0 aliphatic rings. The lowest BCUT2D eigenvalue weighted by molar-refractivity contribution is 1.07. The summed E-state index contributed by atoms with van der Waals surface area (Å²) in [6.07, 6.45) is 0. The topological polar surface area (TPSA) is 129 Å². The van der Waals surface area contributed by atoms with Crippen molar-refractivity contribution in [1.29, 1.82) is 0 Å². The molecule has 10 heteroatoms. The Morgan fingerprint density at radius 2 is 0.379 bits per heavy atom. The van der Waals surface area contributed by atoms with E-state index in [-0.39, 0.29) is 0 Å². The highest BCUT2D eigenvalue weighted by atomic mass is 15.0. The van der Waals surface area contributed by atoms with E-state index >= 15 is 0 Å². The van der Waals surface area contributed by atoms with Gasteiger partial charge >= 0.3 is 0 Å². The number of benzene rings is 16. The number of nitrogens with zero attached hydrogens (tertiary/aromatic N) is 10. The van der Waals surface area contributed by atoms with Gasteiger partial charge in [0.1, 0.15) is 0 Å². The Bertz CT molecular complexity index is 6810. The second-order valence-electron chi connectivity index (χ2n) is 28.6. The van der Waals surface area contributed by atoms with Crippen LogP contribution in [0.1, 0.15) is 0 Å². The Balaban J connectivity index is 0.667. The largest absolute Gasteiger partial charge is 0.228 e. The van der Waals surface area contributed by atoms with Crippen LogP contribution in [0.25, 0.3) is 213 Å². The van der Waals surface area contributed by atoms with Crippen LogP contribution < -0.4 is 0 Å². The van der Waals surface area contributed by atoms with Crippen molar-refractivity contribution in [2.75, 3.05) is 0 Å². The number of rotatable bonds is 17. The molecule has 4 heterocycles. The molecule has 0 N–H and O–H groups in total. The quantitative estimate of drug-likeness (QED) is 0.0869. The van der Waals surface area contributed by atoms with Crippen molar-refractivity contribution in [1.82, 2.24) is 49.8 Å². The zero-order chi connectivity index (χ0) is 77.1. The van der Waals surface area contributed by atoms with E-state index in [1.165, 1.54) is 0 Å². The van der Waals surface area contributed by atoms with Crippen molar-refractivity contribution in [2.45, 2.75) is 0 Å². The van der Waals surface area contributed by atoms with Gasteiger partial charge in [-0.2, -0.15) is 0 Å². The molecule has 20 rings (SSSR count). The maximum Gasteiger partial charge on any atom is 0.164 e. The van der Waals surface area contributed by atoms with Gasteiger partial charge in [-0.15, -0.1) is 0 Å². The number of aromatic nitrogens is 10. The van der Waals surface area contributed by atoms with Crippen LogP contribution in [-0.4, -0.2) is 49.8 Å². The summed E-state index contributed by atoms with van der Waals surface area (Å²) in [7, 11) is 0. The lowest BCUT2D eigenvalue weighted by Gasteiger charge is -2.18. The second-order valence-corrected chi connectivity index (χ2v) is 28.6. The third-order valence-electron chi connectivity index (χ3n) is 21.3. The first-order chi connectivity index (χ1) is 57.4. The highest BCUT2D eigenvalue weighted by Gasteiger charge is 2.22. The molecule has 4 aromatic heterocycles. The first-order valence-electron chi connectivity index (χ1n) is 38.8. The summed E-state index contributed by atoms with van der Waals surface area (Å²) in [5.74, 6) is 4.80. The van der Waals surface area contributed by atoms with Gasteiger partial charge in [0, 0.05) is 66.8 Å². The van der Waals surface area contributed by atoms with E-state index in [1.54, 1.807) is 0 Å². The molecular formula is C106H68N10. The molecule has 0 fully saturated rings. The fraction of sp³-hybridized carbons (Fsp3) is 0. The Morgan fingerprint density at radius 3 is 0.776 bits per heavy atom. The van der Waals surface area contributed by atoms with Crippen molar-refractivity contribution >= 4 is 21.5 Å². The molecular weight excluding hydrogens is 1410 g/mol. The number of hydrogen-bond acceptors (Lipinski definition) is 10. The molecule has 16 aromatic carbocycles. The van der Waals surface area contributed by atoms with Crippen molar-refractivity contribution < 1.29 is 0 Å². The predicted molar refractivity (Wildman–Crippen MR) is 472 cm³/mol. The molecule has 0 saturated carbocycles. The second kappa shape index (κ2) is 30.8. The standard InChI is InChI=1S/C106H68N10/c1-8-27-72(28-9-1)93-67-94(73-29-10-2-11-30-73)109-100(108-93)82-56-48-71(49-57-82)89-63-62-69-26-22-23-43-88(69)97(89)76-52-58-84(59-53-76)105-114-103(81-39-20-7-21-40-81)115-106(116-105)86-42-24-41-85(66-86)87-44-25-45-92-91(87)65-64-90(70-46-50-75(51-47-70)96-68-95(74-31-12-3-13-32-74)107-99(110-96)78-33-14-4-15-34-78)98(92)77-54-60-83(61-55-77)104-112-101(79-35-16-5-17-36-79)111-102(113-104)80-37-18-6-19-38-80/h1-68H. The predicted octanol–water partition coefficient (Wildman–Crippen LogP) is 26.3. The van der Waals surface area contributed by atoms with Gasteiger partial charge < -0.3 is 0 Å². The van der Waals surface area contributed by atoms with Crippen LogP contribution in [0.4, 0.5) is 0 Å². The highest BCUT2D eigenvalue weighted by Crippen LogP contribution is 2.45. The SMILES string of the molecule is c1ccc(-c2cc(-c3ccc(-c4ccc5c(-c6cccc(-c7nc(-c8ccccc8)nc(-c8ccc(-c9c(-c%10ccc(-c%11nc(-c%12ccccc%12)cc(-c%12ccccc%12)n%11)cc%10)ccc%10ccccc9%10)cc8)n7)c6)cccc5c4-c4ccc(-c5nc(-c6ccccc6)nc(-c6ccccc6)n5)cc4)cc3)nc(-c3ccccc3)n2)cc1. The van der Waals surface area contributed by atoms with Gasteiger partial charge in [-0.1, -0.05) is 394 Å². The van der Waals surface area contributed by atoms with E-state index in [2.05, 4.69) is 261 Å². The van der Waals surface area contributed by atoms with Crippen LogP contribution in [0.15, 0.2) is 413 Å². The van der Waals surface area contributed by atoms with E-state index in [9.17, 15) is 0 Å². The lowest BCUT2D eigenvalue weighted by Crippen LogP contribution is -2.00. The summed E-state index contributed by atoms with van der Waals surface area (Å²) >= 11 is 0. The van der Waals surface area contributed by atoms with Crippen molar-refractivity contribution in [3.05, 3.63) is 413 Å². The Kier molecular flexibility index (Phi) is 18.4. The summed E-state index contributed by atoms with van der Waals surface area (Å²) in [4.78, 5) is 51.7. The van der Waals surface area contributed by atoms with E-state index < -0.39 is 0 Å². The molecule has 10 nitrogen and oxygen atoms in total. The maximum absolute atomic E-state index is 5.37. The van der Waals surface area contributed by atoms with E-state index in [0.717, 1.165) is 167 Å². The van der Waals surface area contributed by atoms with Crippen molar-refractivity contribution in [3.8, 4) is 192 Å². The van der Waals surface area contributed by atoms with Gasteiger partial charge in [0.15, 0.2) is 46.6 Å². The molecule has 0 atom stereocenters. The Morgan fingerprint density at radius 1 is 0.121 bits per heavy atom. The first kappa shape index (κ1) is 69.4. The lowest BCUT2D eigenvalue weighted by atomic mass is 9.86. The molecule has 542 valence electrons. The summed E-state index contributed by atoms with van der Waals surface area (Å²) in [6, 6.07) is 143. The molecule has 0 bridgehead atoms. The van der Waals surface area contributed by atoms with Gasteiger partial charge in [-0.3, -0.25) is 0 Å². The molecule has 0 radical (unpaired) electrons. The highest BCUT2D eigenvalue weighted by molar-refractivity contribution is 6.10. The molecule has 0 aliphatic carbocycles. The van der Waals surface area contributed by atoms with Gasteiger partial charge in [0.25, 0.3) is 0 Å². The average Bonchev–Trinajstić information content (AvgIpc) is 0.751. The number of hydrogen-bond donors (Lipinski definition) is 0. The van der Waals surface area contributed by atoms with Crippen LogP contribution in [0.2, 0.25) is 0 Å². The molecule has 0 amide bonds. The summed E-state index contributed by atoms with van der Waals surface area (Å²) < 4.78 is 0. The fourth-order valence-electron chi connectivity index (χ4n) is 15.4. The maximum atomic E-state index is 5.37. The van der Waals surface area contributed by atoms with Gasteiger partial charge in [0.05, 0.1) is 22.8 Å². The average molecular weight is 1480 g/mol. The minimum absolute atomic E-state index is 0.555. The van der Waals surface area contributed by atoms with Crippen molar-refractivity contribution in [3.63, 3.8) is 0 Å². The van der Waals surface area contributed by atoms with E-state index in [0.29, 0.717) is 46.6 Å².